The summed E-state index contributed by atoms with van der Waals surface area (Å²) in [6.07, 6.45) is 0. The Bertz CT molecular complexity index is 7.51. The number of nitrogens with two attached hydrogens (primary N) is 1. The molecule has 0 aliphatic rings. The van der Waals surface area contributed by atoms with E-state index in [0.29, 0.717) is 0 Å². The molecule has 0 saturated heterocycles. The second-order valence-electron chi connectivity index (χ2n) is 0. The molecule has 0 radical (unpaired) electrons. The van der Waals surface area contributed by atoms with Crippen molar-refractivity contribution in [3.05, 3.63) is 20.0 Å². The molecule has 0 aromatic carbocycles. The molecule has 0 amide bonds. The van der Waals surface area contributed by atoms with Gasteiger partial charge in [-0.15, -0.1) is 0 Å². The Hall–Kier alpha value is 0.830. The van der Waals surface area contributed by atoms with Crippen LogP contribution in [0.15, 0.2) is 0 Å². The van der Waals surface area contributed by atoms with E-state index in [-0.39, 0.29) is 32.0 Å². The fourth-order valence-corrected chi connectivity index (χ4v) is 0. The molecular weight excluding hydrogens is 241 g/mol. The van der Waals surface area contributed by atoms with Gasteiger partial charge in [-0.3, -0.25) is 0 Å². The first-order chi connectivity index (χ1) is 2.00. The van der Waals surface area contributed by atoms with Crippen LogP contribution in [0, 0.1) is 13.8 Å². The van der Waals surface area contributed by atoms with Crippen LogP contribution in [-0.2, 0) is 25.8 Å². The third-order valence-corrected chi connectivity index (χ3v) is 0. The van der Waals surface area contributed by atoms with Crippen molar-refractivity contribution in [3.63, 3.8) is 0 Å². The second-order valence-corrected chi connectivity index (χ2v) is 0. The van der Waals surface area contributed by atoms with Crippen LogP contribution >= 0.6 is 0 Å². The minimum atomic E-state index is 0. The predicted octanol–water partition coefficient (Wildman–Crippen LogP) is 2.40. The van der Waals surface area contributed by atoms with E-state index < -0.39 is 0 Å². The Morgan fingerprint density at radius 1 is 0.833 bits per heavy atom. The summed E-state index contributed by atoms with van der Waals surface area (Å²) in [7, 11) is 0. The van der Waals surface area contributed by atoms with Gasteiger partial charge in [0, 0.05) is 25.8 Å². The van der Waals surface area contributed by atoms with Crippen LogP contribution in [0.2, 0.25) is 0 Å². The molecule has 2 N–H and O–H groups in total. The molecular formula is C4H12HfN-3. The average molecular weight is 253 g/mol. The van der Waals surface area contributed by atoms with E-state index in [0.717, 1.165) is 0 Å². The minimum Gasteiger partial charge on any atom is -0.693 e. The third kappa shape index (κ3) is 103. The van der Waals surface area contributed by atoms with Gasteiger partial charge in [-0.25, -0.2) is 0 Å². The molecule has 0 aliphatic heterocycles. The van der Waals surface area contributed by atoms with Crippen LogP contribution in [0.25, 0.3) is 6.15 Å². The van der Waals surface area contributed by atoms with Crippen LogP contribution in [0.1, 0.15) is 13.8 Å². The quantitative estimate of drug-likeness (QED) is 0.469. The first-order valence-electron chi connectivity index (χ1n) is 1.41. The van der Waals surface area contributed by atoms with Crippen LogP contribution in [0.4, 0.5) is 0 Å². The molecule has 0 saturated carbocycles. The molecule has 0 spiro atoms. The second kappa shape index (κ2) is 197. The Kier molecular flexibility index (Phi) is 954. The standard InChI is InChI=1S/2C2H5.Hf.H2N/c2*1-2;;/h2*1H2,2H3;;1H2/q2*-1;;-1. The maximum atomic E-state index is 3.25. The summed E-state index contributed by atoms with van der Waals surface area (Å²) in [5.41, 5.74) is 0. The average Bonchev–Trinajstić information content (AvgIpc) is 1.50. The smallest absolute Gasteiger partial charge is 0 e. The molecule has 40 valence electrons. The topological polar surface area (TPSA) is 33.5 Å². The van der Waals surface area contributed by atoms with E-state index in [2.05, 4.69) is 13.8 Å². The Labute approximate surface area is 59.9 Å². The molecule has 2 heteroatoms. The van der Waals surface area contributed by atoms with Crippen molar-refractivity contribution >= 4 is 0 Å². The number of hydrogen-bond acceptors (Lipinski definition) is 0. The Morgan fingerprint density at radius 3 is 0.833 bits per heavy atom. The predicted molar refractivity (Wildman–Crippen MR) is 27.3 cm³/mol. The van der Waals surface area contributed by atoms with Gasteiger partial charge in [-0.1, -0.05) is 0 Å². The summed E-state index contributed by atoms with van der Waals surface area (Å²) < 4.78 is 0. The zero-order valence-corrected chi connectivity index (χ0v) is 8.08. The van der Waals surface area contributed by atoms with Crippen molar-refractivity contribution in [1.82, 2.24) is 0 Å². The van der Waals surface area contributed by atoms with Crippen molar-refractivity contribution in [2.24, 2.45) is 0 Å². The van der Waals surface area contributed by atoms with E-state index in [1.54, 1.807) is 13.8 Å². The first-order valence-corrected chi connectivity index (χ1v) is 1.41. The molecule has 0 unspecified atom stereocenters. The van der Waals surface area contributed by atoms with Crippen molar-refractivity contribution < 1.29 is 25.8 Å². The molecule has 0 fully saturated rings. The molecule has 0 aliphatic carbocycles. The molecule has 6 heavy (non-hydrogen) atoms. The van der Waals surface area contributed by atoms with Gasteiger partial charge in [0.2, 0.25) is 0 Å². The summed E-state index contributed by atoms with van der Waals surface area (Å²) in [4.78, 5) is 0. The molecule has 0 atom stereocenters. The molecule has 0 bridgehead atoms. The summed E-state index contributed by atoms with van der Waals surface area (Å²) >= 11 is 0. The van der Waals surface area contributed by atoms with Crippen LogP contribution in [0.5, 0.6) is 0 Å². The van der Waals surface area contributed by atoms with E-state index in [4.69, 9.17) is 0 Å². The van der Waals surface area contributed by atoms with Crippen molar-refractivity contribution in [1.29, 1.82) is 0 Å². The van der Waals surface area contributed by atoms with Gasteiger partial charge in [-0.2, -0.15) is 13.8 Å². The molecule has 0 aromatic heterocycles. The van der Waals surface area contributed by atoms with E-state index >= 15 is 0 Å². The van der Waals surface area contributed by atoms with Gasteiger partial charge in [0.25, 0.3) is 0 Å². The number of rotatable bonds is 0. The van der Waals surface area contributed by atoms with E-state index in [9.17, 15) is 0 Å². The summed E-state index contributed by atoms with van der Waals surface area (Å²) in [6, 6.07) is 0. The van der Waals surface area contributed by atoms with Crippen molar-refractivity contribution in [2.75, 3.05) is 0 Å². The zero-order valence-electron chi connectivity index (χ0n) is 4.49. The van der Waals surface area contributed by atoms with Gasteiger partial charge >= 0.3 is 0 Å². The van der Waals surface area contributed by atoms with E-state index in [1.807, 2.05) is 0 Å². The maximum absolute atomic E-state index is 3.25. The zero-order chi connectivity index (χ0) is 4.00. The first kappa shape index (κ1) is 29.0. The van der Waals surface area contributed by atoms with Gasteiger partial charge in [0.15, 0.2) is 0 Å². The molecule has 0 aromatic rings. The summed E-state index contributed by atoms with van der Waals surface area (Å²) in [6.45, 7) is 10.0. The van der Waals surface area contributed by atoms with Gasteiger partial charge in [0.1, 0.15) is 0 Å². The van der Waals surface area contributed by atoms with Gasteiger partial charge < -0.3 is 20.0 Å². The third-order valence-electron chi connectivity index (χ3n) is 0. The van der Waals surface area contributed by atoms with Crippen molar-refractivity contribution in [3.8, 4) is 0 Å². The van der Waals surface area contributed by atoms with E-state index in [1.165, 1.54) is 0 Å². The normalized spacial score (nSPS) is 2.00. The Morgan fingerprint density at radius 2 is 0.833 bits per heavy atom. The fourth-order valence-electron chi connectivity index (χ4n) is 0. The summed E-state index contributed by atoms with van der Waals surface area (Å²) in [5, 5.41) is 0. The van der Waals surface area contributed by atoms with Crippen molar-refractivity contribution in [2.45, 2.75) is 13.8 Å². The molecule has 0 heterocycles. The molecule has 0 rings (SSSR count). The largest absolute Gasteiger partial charge is 0.693 e. The fraction of sp³-hybridized carbons (Fsp3) is 0.500. The van der Waals surface area contributed by atoms with Crippen LogP contribution < -0.4 is 0 Å². The number of hydrogen-bond donors (Lipinski definition) is 0. The van der Waals surface area contributed by atoms with Crippen LogP contribution in [-0.4, -0.2) is 0 Å². The maximum Gasteiger partial charge on any atom is 0 e. The SMILES string of the molecule is [CH2-]C.[CH2-]C.[Hf].[NH2-]. The Balaban J connectivity index is -0.00000000500. The van der Waals surface area contributed by atoms with Crippen LogP contribution in [0.3, 0.4) is 0 Å². The molecule has 1 nitrogen and oxygen atoms in total. The summed E-state index contributed by atoms with van der Waals surface area (Å²) in [5.74, 6) is 0. The minimum absolute atomic E-state index is 0. The van der Waals surface area contributed by atoms with Gasteiger partial charge in [-0.05, 0) is 0 Å². The monoisotopic (exact) mass is 254 g/mol. The van der Waals surface area contributed by atoms with Gasteiger partial charge in [0.05, 0.1) is 0 Å².